The first-order valence-electron chi connectivity index (χ1n) is 8.24. The molecule has 1 amide bonds. The van der Waals surface area contributed by atoms with Gasteiger partial charge in [0, 0.05) is 16.8 Å². The number of ketones is 1. The van der Waals surface area contributed by atoms with Gasteiger partial charge in [-0.15, -0.1) is 10.2 Å². The SMILES string of the molecule is CCSc1nnc(SCC(=O)c2ccc(NC(=O)c3ccccc3)cc2)s1. The Morgan fingerprint density at radius 3 is 2.26 bits per heavy atom. The molecule has 3 rings (SSSR count). The lowest BCUT2D eigenvalue weighted by atomic mass is 10.1. The van der Waals surface area contributed by atoms with E-state index < -0.39 is 0 Å². The van der Waals surface area contributed by atoms with Crippen molar-refractivity contribution in [3.05, 3.63) is 65.7 Å². The molecule has 0 spiro atoms. The molecule has 0 aliphatic rings. The molecular formula is C19H17N3O2S3. The van der Waals surface area contributed by atoms with Gasteiger partial charge in [-0.3, -0.25) is 9.59 Å². The Balaban J connectivity index is 1.54. The molecule has 0 radical (unpaired) electrons. The molecule has 1 heterocycles. The van der Waals surface area contributed by atoms with Crippen LogP contribution in [0.25, 0.3) is 0 Å². The Bertz CT molecular complexity index is 911. The molecule has 0 unspecified atom stereocenters. The number of hydrogen-bond donors (Lipinski definition) is 1. The van der Waals surface area contributed by atoms with Gasteiger partial charge in [0.25, 0.3) is 5.91 Å². The summed E-state index contributed by atoms with van der Waals surface area (Å²) in [5.41, 5.74) is 1.85. The fourth-order valence-corrected chi connectivity index (χ4v) is 4.99. The molecule has 0 fully saturated rings. The molecule has 1 N–H and O–H groups in total. The van der Waals surface area contributed by atoms with Crippen LogP contribution >= 0.6 is 34.9 Å². The lowest BCUT2D eigenvalue weighted by Crippen LogP contribution is -2.11. The lowest BCUT2D eigenvalue weighted by Gasteiger charge is -2.06. The van der Waals surface area contributed by atoms with E-state index in [-0.39, 0.29) is 11.7 Å². The molecule has 1 aromatic heterocycles. The van der Waals surface area contributed by atoms with E-state index in [2.05, 4.69) is 22.4 Å². The molecule has 0 saturated heterocycles. The Morgan fingerprint density at radius 1 is 0.926 bits per heavy atom. The van der Waals surface area contributed by atoms with Gasteiger partial charge < -0.3 is 5.32 Å². The molecule has 5 nitrogen and oxygen atoms in total. The zero-order valence-corrected chi connectivity index (χ0v) is 17.0. The number of amides is 1. The number of hydrogen-bond acceptors (Lipinski definition) is 7. The normalized spacial score (nSPS) is 10.6. The Kier molecular flexibility index (Phi) is 7.03. The summed E-state index contributed by atoms with van der Waals surface area (Å²) in [5.74, 6) is 1.09. The van der Waals surface area contributed by atoms with Crippen molar-refractivity contribution in [3.8, 4) is 0 Å². The zero-order chi connectivity index (χ0) is 19.1. The number of anilines is 1. The van der Waals surface area contributed by atoms with Crippen molar-refractivity contribution in [1.82, 2.24) is 10.2 Å². The summed E-state index contributed by atoms with van der Waals surface area (Å²) in [6, 6.07) is 15.9. The molecule has 0 aliphatic heterocycles. The van der Waals surface area contributed by atoms with Crippen LogP contribution in [0.2, 0.25) is 0 Å². The predicted octanol–water partition coefficient (Wildman–Crippen LogP) is 4.88. The smallest absolute Gasteiger partial charge is 0.255 e. The predicted molar refractivity (Wildman–Crippen MR) is 112 cm³/mol. The summed E-state index contributed by atoms with van der Waals surface area (Å²) in [7, 11) is 0. The van der Waals surface area contributed by atoms with Crippen LogP contribution < -0.4 is 5.32 Å². The van der Waals surface area contributed by atoms with Gasteiger partial charge in [-0.1, -0.05) is 60.0 Å². The number of nitrogens with one attached hydrogen (secondary N) is 1. The summed E-state index contributed by atoms with van der Waals surface area (Å²) in [5, 5.41) is 11.0. The highest BCUT2D eigenvalue weighted by Crippen LogP contribution is 2.29. The second kappa shape index (κ2) is 9.68. The monoisotopic (exact) mass is 415 g/mol. The minimum Gasteiger partial charge on any atom is -0.322 e. The van der Waals surface area contributed by atoms with Gasteiger partial charge in [0.15, 0.2) is 14.5 Å². The lowest BCUT2D eigenvalue weighted by molar-refractivity contribution is 0.101. The zero-order valence-electron chi connectivity index (χ0n) is 14.5. The van der Waals surface area contributed by atoms with Crippen LogP contribution in [0, 0.1) is 0 Å². The van der Waals surface area contributed by atoms with E-state index in [0.29, 0.717) is 22.6 Å². The van der Waals surface area contributed by atoms with Gasteiger partial charge in [-0.25, -0.2) is 0 Å². The molecule has 2 aromatic carbocycles. The number of Topliss-reactive ketones (excluding diaryl/α,β-unsaturated/α-hetero) is 1. The van der Waals surface area contributed by atoms with Gasteiger partial charge in [0.05, 0.1) is 5.75 Å². The Morgan fingerprint density at radius 2 is 1.59 bits per heavy atom. The first-order valence-corrected chi connectivity index (χ1v) is 11.0. The maximum absolute atomic E-state index is 12.3. The average Bonchev–Trinajstić information content (AvgIpc) is 3.15. The van der Waals surface area contributed by atoms with Crippen LogP contribution in [0.15, 0.2) is 63.3 Å². The van der Waals surface area contributed by atoms with Gasteiger partial charge in [0.1, 0.15) is 0 Å². The third-order valence-corrected chi connectivity index (χ3v) is 6.56. The van der Waals surface area contributed by atoms with E-state index in [1.165, 1.54) is 23.1 Å². The van der Waals surface area contributed by atoms with E-state index in [4.69, 9.17) is 0 Å². The van der Waals surface area contributed by atoms with Crippen molar-refractivity contribution < 1.29 is 9.59 Å². The van der Waals surface area contributed by atoms with Crippen molar-refractivity contribution >= 4 is 52.2 Å². The van der Waals surface area contributed by atoms with Crippen LogP contribution in [0.1, 0.15) is 27.6 Å². The molecule has 138 valence electrons. The summed E-state index contributed by atoms with van der Waals surface area (Å²) < 4.78 is 1.72. The topological polar surface area (TPSA) is 72.0 Å². The molecule has 0 atom stereocenters. The van der Waals surface area contributed by atoms with Crippen LogP contribution in [0.4, 0.5) is 5.69 Å². The van der Waals surface area contributed by atoms with Crippen LogP contribution in [-0.2, 0) is 0 Å². The molecule has 0 saturated carbocycles. The molecular weight excluding hydrogens is 398 g/mol. The maximum Gasteiger partial charge on any atom is 0.255 e. The van der Waals surface area contributed by atoms with E-state index >= 15 is 0 Å². The third-order valence-electron chi connectivity index (χ3n) is 3.48. The van der Waals surface area contributed by atoms with Crippen molar-refractivity contribution in [3.63, 3.8) is 0 Å². The van der Waals surface area contributed by atoms with Crippen molar-refractivity contribution in [2.75, 3.05) is 16.8 Å². The van der Waals surface area contributed by atoms with Crippen molar-refractivity contribution in [2.24, 2.45) is 0 Å². The highest BCUT2D eigenvalue weighted by atomic mass is 32.2. The number of thioether (sulfide) groups is 2. The van der Waals surface area contributed by atoms with E-state index in [1.54, 1.807) is 48.2 Å². The number of benzene rings is 2. The molecule has 3 aromatic rings. The molecule has 0 bridgehead atoms. The fourth-order valence-electron chi connectivity index (χ4n) is 2.18. The quantitative estimate of drug-likeness (QED) is 0.418. The number of carbonyl (C=O) groups is 2. The highest BCUT2D eigenvalue weighted by Gasteiger charge is 2.11. The number of aromatic nitrogens is 2. The Labute approximate surface area is 170 Å². The first-order chi connectivity index (χ1) is 13.2. The first kappa shape index (κ1) is 19.6. The van der Waals surface area contributed by atoms with Crippen molar-refractivity contribution in [2.45, 2.75) is 15.6 Å². The van der Waals surface area contributed by atoms with Crippen LogP contribution in [0.5, 0.6) is 0 Å². The highest BCUT2D eigenvalue weighted by molar-refractivity contribution is 8.03. The van der Waals surface area contributed by atoms with Crippen molar-refractivity contribution in [1.29, 1.82) is 0 Å². The summed E-state index contributed by atoms with van der Waals surface area (Å²) in [6.45, 7) is 2.06. The standard InChI is InChI=1S/C19H17N3O2S3/c1-2-25-18-21-22-19(27-18)26-12-16(23)13-8-10-15(11-9-13)20-17(24)14-6-4-3-5-7-14/h3-11H,2,12H2,1H3,(H,20,24). The van der Waals surface area contributed by atoms with Gasteiger partial charge in [-0.05, 0) is 42.2 Å². The Hall–Kier alpha value is -2.16. The van der Waals surface area contributed by atoms with Crippen LogP contribution in [-0.4, -0.2) is 33.4 Å². The molecule has 0 aliphatic carbocycles. The summed E-state index contributed by atoms with van der Waals surface area (Å²) >= 11 is 4.54. The summed E-state index contributed by atoms with van der Waals surface area (Å²) in [6.07, 6.45) is 0. The maximum atomic E-state index is 12.3. The van der Waals surface area contributed by atoms with E-state index in [9.17, 15) is 9.59 Å². The van der Waals surface area contributed by atoms with Gasteiger partial charge >= 0.3 is 0 Å². The van der Waals surface area contributed by atoms with Gasteiger partial charge in [0.2, 0.25) is 0 Å². The third kappa shape index (κ3) is 5.66. The fraction of sp³-hybridized carbons (Fsp3) is 0.158. The largest absolute Gasteiger partial charge is 0.322 e. The minimum absolute atomic E-state index is 0.0147. The second-order valence-electron chi connectivity index (χ2n) is 5.38. The number of rotatable bonds is 8. The average molecular weight is 416 g/mol. The van der Waals surface area contributed by atoms with Crippen LogP contribution in [0.3, 0.4) is 0 Å². The second-order valence-corrected chi connectivity index (χ2v) is 9.09. The molecule has 27 heavy (non-hydrogen) atoms. The van der Waals surface area contributed by atoms with E-state index in [0.717, 1.165) is 14.4 Å². The minimum atomic E-state index is -0.178. The summed E-state index contributed by atoms with van der Waals surface area (Å²) in [4.78, 5) is 24.5. The number of carbonyl (C=O) groups excluding carboxylic acids is 2. The van der Waals surface area contributed by atoms with E-state index in [1.807, 2.05) is 18.2 Å². The number of nitrogens with zero attached hydrogens (tertiary/aromatic N) is 2. The molecule has 8 heteroatoms. The van der Waals surface area contributed by atoms with Gasteiger partial charge in [-0.2, -0.15) is 0 Å².